The maximum absolute atomic E-state index is 12.9. The van der Waals surface area contributed by atoms with Crippen LogP contribution in [0.4, 0.5) is 0 Å². The Labute approximate surface area is 247 Å². The molecule has 0 heterocycles. The van der Waals surface area contributed by atoms with Crippen LogP contribution in [0.2, 0.25) is 0 Å². The Balaban J connectivity index is 0.000000511. The molecule has 0 bridgehead atoms. The molecule has 0 fully saturated rings. The molecule has 7 heteroatoms. The SMILES string of the molecule is Cc1ccc(C(C)C)cc1.Cc1ccc(S(=O)(=O)N[C@@](N)(Cc2ccccc2)c2ccccc2)cc1.[Cl-].[Ru+2]. The summed E-state index contributed by atoms with van der Waals surface area (Å²) in [7, 11) is -3.78. The van der Waals surface area contributed by atoms with Crippen molar-refractivity contribution < 1.29 is 40.3 Å². The van der Waals surface area contributed by atoms with Crippen LogP contribution in [0.5, 0.6) is 0 Å². The summed E-state index contributed by atoms with van der Waals surface area (Å²) in [6.07, 6.45) is 0.336. The number of nitrogens with one attached hydrogen (secondary N) is 1. The zero-order valence-electron chi connectivity index (χ0n) is 22.2. The molecule has 1 atom stereocenters. The van der Waals surface area contributed by atoms with Gasteiger partial charge < -0.3 is 18.1 Å². The van der Waals surface area contributed by atoms with E-state index in [0.29, 0.717) is 17.9 Å². The third-order valence-electron chi connectivity index (χ3n) is 6.01. The van der Waals surface area contributed by atoms with Gasteiger partial charge in [-0.2, -0.15) is 4.72 Å². The fourth-order valence-corrected chi connectivity index (χ4v) is 5.10. The quantitative estimate of drug-likeness (QED) is 0.241. The van der Waals surface area contributed by atoms with Crippen LogP contribution in [-0.4, -0.2) is 8.42 Å². The smallest absolute Gasteiger partial charge is 1.00 e. The summed E-state index contributed by atoms with van der Waals surface area (Å²) < 4.78 is 28.6. The minimum Gasteiger partial charge on any atom is -1.00 e. The van der Waals surface area contributed by atoms with Crippen molar-refractivity contribution in [2.24, 2.45) is 5.73 Å². The van der Waals surface area contributed by atoms with Crippen molar-refractivity contribution in [3.63, 3.8) is 0 Å². The second kappa shape index (κ2) is 15.3. The van der Waals surface area contributed by atoms with Crippen LogP contribution in [0.1, 0.15) is 47.6 Å². The summed E-state index contributed by atoms with van der Waals surface area (Å²) in [5.41, 5.74) is 10.8. The Bertz CT molecular complexity index is 1330. The van der Waals surface area contributed by atoms with E-state index in [-0.39, 0.29) is 36.8 Å². The number of rotatable bonds is 7. The average Bonchev–Trinajstić information content (AvgIpc) is 2.86. The summed E-state index contributed by atoms with van der Waals surface area (Å²) in [4.78, 5) is 0.196. The molecule has 0 unspecified atom stereocenters. The molecule has 38 heavy (non-hydrogen) atoms. The molecule has 0 saturated heterocycles. The van der Waals surface area contributed by atoms with Crippen LogP contribution in [0, 0.1) is 13.8 Å². The van der Waals surface area contributed by atoms with Crippen LogP contribution in [0.3, 0.4) is 0 Å². The predicted molar refractivity (Wildman–Crippen MR) is 149 cm³/mol. The molecule has 0 aliphatic rings. The summed E-state index contributed by atoms with van der Waals surface area (Å²) in [5.74, 6) is 0.653. The summed E-state index contributed by atoms with van der Waals surface area (Å²) >= 11 is 0. The van der Waals surface area contributed by atoms with Crippen molar-refractivity contribution in [3.05, 3.63) is 137 Å². The van der Waals surface area contributed by atoms with Gasteiger partial charge in [-0.05, 0) is 48.6 Å². The number of sulfonamides is 1. The van der Waals surface area contributed by atoms with E-state index < -0.39 is 15.7 Å². The molecule has 3 N–H and O–H groups in total. The van der Waals surface area contributed by atoms with Crippen LogP contribution in [0.15, 0.2) is 114 Å². The van der Waals surface area contributed by atoms with Crippen molar-refractivity contribution >= 4 is 10.0 Å². The Hall–Kier alpha value is -2.34. The monoisotopic (exact) mass is 637 g/mol. The fraction of sp³-hybridized carbons (Fsp3) is 0.226. The first-order chi connectivity index (χ1) is 17.1. The normalized spacial score (nSPS) is 12.3. The van der Waals surface area contributed by atoms with E-state index in [0.717, 1.165) is 11.1 Å². The van der Waals surface area contributed by atoms with Crippen LogP contribution < -0.4 is 22.9 Å². The van der Waals surface area contributed by atoms with Gasteiger partial charge in [-0.25, -0.2) is 8.42 Å². The average molecular weight is 637 g/mol. The number of nitrogens with two attached hydrogens (primary N) is 1. The van der Waals surface area contributed by atoms with Crippen LogP contribution >= 0.6 is 0 Å². The minimum absolute atomic E-state index is 0. The maximum atomic E-state index is 12.9. The summed E-state index contributed by atoms with van der Waals surface area (Å²) in [6, 6.07) is 34.3. The van der Waals surface area contributed by atoms with Gasteiger partial charge in [0, 0.05) is 6.42 Å². The van der Waals surface area contributed by atoms with Crippen molar-refractivity contribution in [2.75, 3.05) is 0 Å². The first-order valence-electron chi connectivity index (χ1n) is 12.1. The van der Waals surface area contributed by atoms with Gasteiger partial charge >= 0.3 is 19.5 Å². The Morgan fingerprint density at radius 1 is 0.737 bits per heavy atom. The summed E-state index contributed by atoms with van der Waals surface area (Å²) in [6.45, 7) is 8.45. The number of halogens is 1. The molecular weight excluding hydrogens is 601 g/mol. The standard InChI is InChI=1S/C21H22N2O2S.C10H14.ClH.Ru/c1-17-12-14-20(15-13-17)26(24,25)23-21(22,19-10-6-3-7-11-19)16-18-8-4-2-5-9-18;1-8(2)10-6-4-9(3)5-7-10;;/h2-15,23H,16,22H2,1H3;4-8H,1-3H3;1H;/q;;;+2/p-1/t21-;;;/m0.../s1. The van der Waals surface area contributed by atoms with Gasteiger partial charge in [0.05, 0.1) is 4.90 Å². The van der Waals surface area contributed by atoms with Gasteiger partial charge in [0.1, 0.15) is 5.66 Å². The second-order valence-electron chi connectivity index (χ2n) is 9.48. The molecule has 4 rings (SSSR count). The van der Waals surface area contributed by atoms with Crippen LogP contribution in [0.25, 0.3) is 0 Å². The van der Waals surface area contributed by atoms with Crippen molar-refractivity contribution in [2.45, 2.75) is 50.6 Å². The largest absolute Gasteiger partial charge is 2.00 e. The molecule has 0 aliphatic carbocycles. The first-order valence-corrected chi connectivity index (χ1v) is 13.6. The third-order valence-corrected chi connectivity index (χ3v) is 7.53. The molecule has 202 valence electrons. The first kappa shape index (κ1) is 33.7. The van der Waals surface area contributed by atoms with Crippen LogP contribution in [-0.2, 0) is 41.6 Å². The Morgan fingerprint density at radius 2 is 1.18 bits per heavy atom. The molecule has 4 aromatic rings. The molecule has 0 amide bonds. The molecule has 0 spiro atoms. The van der Waals surface area contributed by atoms with E-state index in [4.69, 9.17) is 5.73 Å². The molecule has 0 aliphatic heterocycles. The topological polar surface area (TPSA) is 72.2 Å². The van der Waals surface area contributed by atoms with Gasteiger partial charge in [-0.15, -0.1) is 0 Å². The van der Waals surface area contributed by atoms with Gasteiger partial charge in [0.2, 0.25) is 10.0 Å². The van der Waals surface area contributed by atoms with E-state index in [1.165, 1.54) is 11.1 Å². The molecule has 0 radical (unpaired) electrons. The van der Waals surface area contributed by atoms with Crippen molar-refractivity contribution in [3.8, 4) is 0 Å². The Kier molecular flexibility index (Phi) is 13.6. The van der Waals surface area contributed by atoms with E-state index in [1.54, 1.807) is 24.3 Å². The third kappa shape index (κ3) is 9.76. The van der Waals surface area contributed by atoms with E-state index in [9.17, 15) is 8.42 Å². The van der Waals surface area contributed by atoms with Gasteiger partial charge in [-0.1, -0.05) is 122 Å². The molecule has 0 saturated carbocycles. The van der Waals surface area contributed by atoms with Crippen molar-refractivity contribution in [1.29, 1.82) is 0 Å². The molecular formula is C31H36ClN2O2RuS+. The summed E-state index contributed by atoms with van der Waals surface area (Å²) in [5, 5.41) is 0. The molecule has 4 nitrogen and oxygen atoms in total. The zero-order valence-corrected chi connectivity index (χ0v) is 25.5. The van der Waals surface area contributed by atoms with Gasteiger partial charge in [0.15, 0.2) is 0 Å². The number of hydrogen-bond acceptors (Lipinski definition) is 3. The minimum atomic E-state index is -3.78. The predicted octanol–water partition coefficient (Wildman–Crippen LogP) is 3.45. The molecule has 4 aromatic carbocycles. The number of benzene rings is 4. The zero-order chi connectivity index (χ0) is 26.2. The van der Waals surface area contributed by atoms with Crippen molar-refractivity contribution in [1.82, 2.24) is 4.72 Å². The number of hydrogen-bond donors (Lipinski definition) is 2. The van der Waals surface area contributed by atoms with Gasteiger partial charge in [-0.3, -0.25) is 0 Å². The Morgan fingerprint density at radius 3 is 1.66 bits per heavy atom. The number of aryl methyl sites for hydroxylation is 2. The van der Waals surface area contributed by atoms with E-state index >= 15 is 0 Å². The second-order valence-corrected chi connectivity index (χ2v) is 11.2. The van der Waals surface area contributed by atoms with Gasteiger partial charge in [0.25, 0.3) is 0 Å². The van der Waals surface area contributed by atoms with E-state index in [2.05, 4.69) is 49.8 Å². The van der Waals surface area contributed by atoms with E-state index in [1.807, 2.05) is 67.6 Å². The maximum Gasteiger partial charge on any atom is 2.00 e. The molecule has 0 aromatic heterocycles. The fourth-order valence-electron chi connectivity index (χ4n) is 3.82.